The maximum absolute atomic E-state index is 13.7. The van der Waals surface area contributed by atoms with E-state index in [9.17, 15) is 19.3 Å². The van der Waals surface area contributed by atoms with Gasteiger partial charge in [-0.1, -0.05) is 0 Å². The van der Waals surface area contributed by atoms with Gasteiger partial charge in [-0.25, -0.2) is 4.39 Å². The van der Waals surface area contributed by atoms with Crippen LogP contribution >= 0.6 is 0 Å². The van der Waals surface area contributed by atoms with Crippen LogP contribution in [0.15, 0.2) is 12.1 Å². The van der Waals surface area contributed by atoms with Crippen LogP contribution in [0.3, 0.4) is 0 Å². The van der Waals surface area contributed by atoms with Crippen molar-refractivity contribution in [3.8, 4) is 0 Å². The lowest BCUT2D eigenvalue weighted by Gasteiger charge is -2.09. The number of aliphatic hydroxyl groups excluding tert-OH is 1. The van der Waals surface area contributed by atoms with Crippen molar-refractivity contribution in [2.75, 3.05) is 6.54 Å². The molecular formula is C11H13FN2O4. The van der Waals surface area contributed by atoms with Gasteiger partial charge in [0.15, 0.2) is 0 Å². The Labute approximate surface area is 103 Å². The van der Waals surface area contributed by atoms with Gasteiger partial charge in [-0.3, -0.25) is 14.9 Å². The van der Waals surface area contributed by atoms with Crippen molar-refractivity contribution in [1.82, 2.24) is 5.32 Å². The number of nitrogens with zero attached hydrogens (tertiary/aromatic N) is 1. The molecule has 0 heterocycles. The summed E-state index contributed by atoms with van der Waals surface area (Å²) in [5, 5.41) is 21.9. The maximum atomic E-state index is 13.7. The fourth-order valence-corrected chi connectivity index (χ4v) is 1.36. The van der Waals surface area contributed by atoms with Crippen molar-refractivity contribution in [3.63, 3.8) is 0 Å². The summed E-state index contributed by atoms with van der Waals surface area (Å²) in [4.78, 5) is 21.5. The van der Waals surface area contributed by atoms with Crippen LogP contribution < -0.4 is 5.32 Å². The Bertz CT molecular complexity index is 488. The first kappa shape index (κ1) is 14.0. The summed E-state index contributed by atoms with van der Waals surface area (Å²) in [6.45, 7) is 2.74. The number of aliphatic hydroxyl groups is 1. The summed E-state index contributed by atoms with van der Waals surface area (Å²) < 4.78 is 13.7. The SMILES string of the molecule is Cc1cc([N+](=O)[O-])cc(C(=O)NCC(C)O)c1F. The first-order chi connectivity index (χ1) is 8.32. The monoisotopic (exact) mass is 256 g/mol. The highest BCUT2D eigenvalue weighted by molar-refractivity contribution is 5.95. The van der Waals surface area contributed by atoms with E-state index in [1.54, 1.807) is 0 Å². The molecule has 6 nitrogen and oxygen atoms in total. The van der Waals surface area contributed by atoms with Crippen LogP contribution in [0.4, 0.5) is 10.1 Å². The molecule has 1 amide bonds. The van der Waals surface area contributed by atoms with Crippen LogP contribution in [0.5, 0.6) is 0 Å². The second-order valence-electron chi connectivity index (χ2n) is 3.94. The van der Waals surface area contributed by atoms with Gasteiger partial charge < -0.3 is 10.4 Å². The fourth-order valence-electron chi connectivity index (χ4n) is 1.36. The summed E-state index contributed by atoms with van der Waals surface area (Å²) in [5.41, 5.74) is -0.732. The third kappa shape index (κ3) is 3.24. The van der Waals surface area contributed by atoms with Gasteiger partial charge in [0, 0.05) is 18.7 Å². The van der Waals surface area contributed by atoms with Gasteiger partial charge >= 0.3 is 0 Å². The summed E-state index contributed by atoms with van der Waals surface area (Å²) in [7, 11) is 0. The first-order valence-electron chi connectivity index (χ1n) is 5.23. The molecule has 1 rings (SSSR count). The molecule has 2 N–H and O–H groups in total. The summed E-state index contributed by atoms with van der Waals surface area (Å²) in [6.07, 6.45) is -0.781. The number of nitro groups is 1. The highest BCUT2D eigenvalue weighted by atomic mass is 19.1. The minimum Gasteiger partial charge on any atom is -0.392 e. The molecule has 0 saturated carbocycles. The molecule has 18 heavy (non-hydrogen) atoms. The number of nitrogens with one attached hydrogen (secondary N) is 1. The van der Waals surface area contributed by atoms with Crippen LogP contribution in [0, 0.1) is 22.9 Å². The second-order valence-corrected chi connectivity index (χ2v) is 3.94. The van der Waals surface area contributed by atoms with Gasteiger partial charge in [-0.15, -0.1) is 0 Å². The minimum absolute atomic E-state index is 0.0198. The summed E-state index contributed by atoms with van der Waals surface area (Å²) in [6, 6.07) is 1.93. The average molecular weight is 256 g/mol. The molecule has 1 atom stereocenters. The van der Waals surface area contributed by atoms with Crippen molar-refractivity contribution in [2.24, 2.45) is 0 Å². The number of benzene rings is 1. The molecule has 0 aliphatic rings. The molecular weight excluding hydrogens is 243 g/mol. The summed E-state index contributed by atoms with van der Waals surface area (Å²) >= 11 is 0. The molecule has 0 aromatic heterocycles. The lowest BCUT2D eigenvalue weighted by atomic mass is 10.1. The Morgan fingerprint density at radius 2 is 2.22 bits per heavy atom. The molecule has 0 aliphatic heterocycles. The predicted octanol–water partition coefficient (Wildman–Crippen LogP) is 1.15. The average Bonchev–Trinajstić information content (AvgIpc) is 2.29. The van der Waals surface area contributed by atoms with Crippen molar-refractivity contribution in [3.05, 3.63) is 39.2 Å². The number of halogens is 1. The molecule has 0 aliphatic carbocycles. The second kappa shape index (κ2) is 5.54. The number of nitro benzene ring substituents is 1. The zero-order valence-corrected chi connectivity index (χ0v) is 9.94. The topological polar surface area (TPSA) is 92.5 Å². The number of carbonyl (C=O) groups is 1. The van der Waals surface area contributed by atoms with E-state index in [-0.39, 0.29) is 17.8 Å². The van der Waals surface area contributed by atoms with E-state index in [0.29, 0.717) is 0 Å². The Morgan fingerprint density at radius 3 is 2.72 bits per heavy atom. The molecule has 7 heteroatoms. The van der Waals surface area contributed by atoms with Gasteiger partial charge in [-0.05, 0) is 19.4 Å². The molecule has 0 bridgehead atoms. The number of rotatable bonds is 4. The molecule has 0 spiro atoms. The summed E-state index contributed by atoms with van der Waals surface area (Å²) in [5.74, 6) is -1.59. The highest BCUT2D eigenvalue weighted by Gasteiger charge is 2.19. The number of non-ortho nitro benzene ring substituents is 1. The Hall–Kier alpha value is -2.02. The van der Waals surface area contributed by atoms with Crippen LogP contribution in [-0.4, -0.2) is 28.6 Å². The quantitative estimate of drug-likeness (QED) is 0.624. The van der Waals surface area contributed by atoms with E-state index in [0.717, 1.165) is 12.1 Å². The maximum Gasteiger partial charge on any atom is 0.270 e. The molecule has 1 unspecified atom stereocenters. The van der Waals surface area contributed by atoms with Crippen LogP contribution in [-0.2, 0) is 0 Å². The third-order valence-corrected chi connectivity index (χ3v) is 2.25. The Balaban J connectivity index is 3.07. The normalized spacial score (nSPS) is 12.0. The standard InChI is InChI=1S/C11H13FN2O4/c1-6-3-8(14(17)18)4-9(10(6)12)11(16)13-5-7(2)15/h3-4,7,15H,5H2,1-2H3,(H,13,16). The Morgan fingerprint density at radius 1 is 1.61 bits per heavy atom. The first-order valence-corrected chi connectivity index (χ1v) is 5.23. The Kier molecular flexibility index (Phi) is 4.33. The van der Waals surface area contributed by atoms with Crippen molar-refractivity contribution in [1.29, 1.82) is 0 Å². The third-order valence-electron chi connectivity index (χ3n) is 2.25. The lowest BCUT2D eigenvalue weighted by molar-refractivity contribution is -0.385. The van der Waals surface area contributed by atoms with E-state index in [1.807, 2.05) is 0 Å². The van der Waals surface area contributed by atoms with Crippen molar-refractivity contribution >= 4 is 11.6 Å². The van der Waals surface area contributed by atoms with Gasteiger partial charge in [0.1, 0.15) is 5.82 Å². The van der Waals surface area contributed by atoms with E-state index < -0.39 is 28.3 Å². The van der Waals surface area contributed by atoms with Gasteiger partial charge in [0.2, 0.25) is 0 Å². The van der Waals surface area contributed by atoms with Crippen molar-refractivity contribution in [2.45, 2.75) is 20.0 Å². The molecule has 0 fully saturated rings. The number of carbonyl (C=O) groups excluding carboxylic acids is 1. The lowest BCUT2D eigenvalue weighted by Crippen LogP contribution is -2.31. The molecule has 0 radical (unpaired) electrons. The minimum atomic E-state index is -0.802. The van der Waals surface area contributed by atoms with E-state index in [1.165, 1.54) is 13.8 Å². The largest absolute Gasteiger partial charge is 0.392 e. The number of amides is 1. The number of hydrogen-bond donors (Lipinski definition) is 2. The van der Waals surface area contributed by atoms with Crippen LogP contribution in [0.2, 0.25) is 0 Å². The zero-order chi connectivity index (χ0) is 13.9. The van der Waals surface area contributed by atoms with Crippen LogP contribution in [0.25, 0.3) is 0 Å². The zero-order valence-electron chi connectivity index (χ0n) is 9.94. The van der Waals surface area contributed by atoms with Gasteiger partial charge in [0.25, 0.3) is 11.6 Å². The van der Waals surface area contributed by atoms with Gasteiger partial charge in [-0.2, -0.15) is 0 Å². The molecule has 1 aromatic carbocycles. The predicted molar refractivity (Wildman–Crippen MR) is 61.8 cm³/mol. The van der Waals surface area contributed by atoms with Crippen LogP contribution in [0.1, 0.15) is 22.8 Å². The molecule has 1 aromatic rings. The smallest absolute Gasteiger partial charge is 0.270 e. The van der Waals surface area contributed by atoms with E-state index in [4.69, 9.17) is 5.11 Å². The number of aryl methyl sites for hydroxylation is 1. The van der Waals surface area contributed by atoms with E-state index in [2.05, 4.69) is 5.32 Å². The highest BCUT2D eigenvalue weighted by Crippen LogP contribution is 2.20. The van der Waals surface area contributed by atoms with Gasteiger partial charge in [0.05, 0.1) is 16.6 Å². The molecule has 0 saturated heterocycles. The fraction of sp³-hybridized carbons (Fsp3) is 0.364. The van der Waals surface area contributed by atoms with Crippen molar-refractivity contribution < 1.29 is 19.2 Å². The number of hydrogen-bond acceptors (Lipinski definition) is 4. The van der Waals surface area contributed by atoms with E-state index >= 15 is 0 Å². The molecule has 98 valence electrons.